The number of unbranched alkanes of at least 4 members (excludes halogenated alkanes) is 43. The first kappa shape index (κ1) is 92.1. The second kappa shape index (κ2) is 66.9. The summed E-state index contributed by atoms with van der Waals surface area (Å²) in [6.07, 6.45) is 54.5. The van der Waals surface area contributed by atoms with Gasteiger partial charge in [-0.15, -0.1) is 0 Å². The van der Waals surface area contributed by atoms with Crippen LogP contribution in [0.15, 0.2) is 0 Å². The summed E-state index contributed by atoms with van der Waals surface area (Å²) in [5.41, 5.74) is 0. The lowest BCUT2D eigenvalue weighted by Gasteiger charge is -2.21. The highest BCUT2D eigenvalue weighted by Crippen LogP contribution is 2.45. The summed E-state index contributed by atoms with van der Waals surface area (Å²) in [7, 11) is -9.90. The van der Waals surface area contributed by atoms with E-state index < -0.39 is 97.5 Å². The van der Waals surface area contributed by atoms with Crippen LogP contribution in [0.4, 0.5) is 0 Å². The van der Waals surface area contributed by atoms with Crippen LogP contribution in [0.2, 0.25) is 0 Å². The predicted molar refractivity (Wildman–Crippen MR) is 381 cm³/mol. The molecule has 0 amide bonds. The molecule has 0 aromatic heterocycles. The average molecular weight is 1380 g/mol. The van der Waals surface area contributed by atoms with Crippen LogP contribution >= 0.6 is 15.6 Å². The van der Waals surface area contributed by atoms with Crippen LogP contribution in [0.1, 0.15) is 388 Å². The number of ether oxygens (including phenoxy) is 4. The largest absolute Gasteiger partial charge is 0.472 e. The molecule has 3 unspecified atom stereocenters. The van der Waals surface area contributed by atoms with Crippen molar-refractivity contribution in [2.75, 3.05) is 39.6 Å². The van der Waals surface area contributed by atoms with Gasteiger partial charge in [-0.3, -0.25) is 37.3 Å². The predicted octanol–water partition coefficient (Wildman–Crippen LogP) is 21.9. The fraction of sp³-hybridized carbons (Fsp3) is 0.947. The van der Waals surface area contributed by atoms with Crippen molar-refractivity contribution in [3.05, 3.63) is 0 Å². The number of aliphatic hydroxyl groups excluding tert-OH is 1. The molecule has 0 aliphatic rings. The van der Waals surface area contributed by atoms with Crippen molar-refractivity contribution in [2.45, 2.75) is 407 Å². The van der Waals surface area contributed by atoms with Crippen molar-refractivity contribution in [3.63, 3.8) is 0 Å². The molecule has 0 fully saturated rings. The molecule has 94 heavy (non-hydrogen) atoms. The lowest BCUT2D eigenvalue weighted by atomic mass is 10.00. The minimum atomic E-state index is -4.96. The Labute approximate surface area is 575 Å². The number of hydrogen-bond donors (Lipinski definition) is 3. The van der Waals surface area contributed by atoms with Crippen LogP contribution in [0.25, 0.3) is 0 Å². The Balaban J connectivity index is 5.16. The van der Waals surface area contributed by atoms with Crippen LogP contribution in [0.3, 0.4) is 0 Å². The van der Waals surface area contributed by atoms with Crippen LogP contribution in [0, 0.1) is 11.8 Å². The minimum absolute atomic E-state index is 0.103. The van der Waals surface area contributed by atoms with E-state index in [1.165, 1.54) is 193 Å². The highest BCUT2D eigenvalue weighted by atomic mass is 31.2. The van der Waals surface area contributed by atoms with Gasteiger partial charge in [0.1, 0.15) is 19.3 Å². The zero-order chi connectivity index (χ0) is 69.3. The van der Waals surface area contributed by atoms with Gasteiger partial charge in [-0.05, 0) is 37.5 Å². The standard InChI is InChI=1S/C75H146O17P2/c1-7-10-12-14-16-17-18-19-20-21-22-23-24-25-26-29-33-36-40-47-53-59-74(79)91-70(64-86-73(78)58-52-46-39-35-32-30-27-28-31-34-38-43-49-55-67(4)5)65-89-93(81,82)87-61-69(76)62-88-94(83,84)90-66-71(63-85-72(77)57-51-45-37-15-13-11-8-2)92-75(80)60-54-48-42-41-44-50-56-68(6)9-3/h67-71,76H,7-66H2,1-6H3,(H,81,82)(H,83,84)/t68?,69-,70-,71-/m1/s1. The topological polar surface area (TPSA) is 237 Å². The first-order chi connectivity index (χ1) is 45.4. The van der Waals surface area contributed by atoms with Crippen molar-refractivity contribution in [1.82, 2.24) is 0 Å². The number of carbonyl (C=O) groups excluding carboxylic acids is 4. The van der Waals surface area contributed by atoms with Crippen molar-refractivity contribution >= 4 is 39.5 Å². The van der Waals surface area contributed by atoms with Crippen molar-refractivity contribution in [3.8, 4) is 0 Å². The summed E-state index contributed by atoms with van der Waals surface area (Å²) in [4.78, 5) is 72.6. The number of phosphoric acid groups is 2. The monoisotopic (exact) mass is 1380 g/mol. The summed E-state index contributed by atoms with van der Waals surface area (Å²) in [6, 6.07) is 0. The molecule has 0 aliphatic heterocycles. The van der Waals surface area contributed by atoms with Gasteiger partial charge in [-0.1, -0.05) is 337 Å². The summed E-state index contributed by atoms with van der Waals surface area (Å²) in [5.74, 6) is -0.614. The molecule has 0 bridgehead atoms. The number of carbonyl (C=O) groups is 4. The fourth-order valence-electron chi connectivity index (χ4n) is 11.4. The van der Waals surface area contributed by atoms with Gasteiger partial charge in [0.15, 0.2) is 12.2 Å². The normalized spacial score (nSPS) is 14.3. The van der Waals surface area contributed by atoms with E-state index in [1.54, 1.807) is 0 Å². The van der Waals surface area contributed by atoms with Gasteiger partial charge < -0.3 is 33.8 Å². The van der Waals surface area contributed by atoms with Crippen LogP contribution in [-0.4, -0.2) is 96.7 Å². The average Bonchev–Trinajstić information content (AvgIpc) is 2.73. The molecule has 0 aliphatic carbocycles. The number of esters is 4. The highest BCUT2D eigenvalue weighted by molar-refractivity contribution is 7.47. The van der Waals surface area contributed by atoms with Crippen molar-refractivity contribution < 1.29 is 80.2 Å². The highest BCUT2D eigenvalue weighted by Gasteiger charge is 2.30. The van der Waals surface area contributed by atoms with Gasteiger partial charge >= 0.3 is 39.5 Å². The Hall–Kier alpha value is -1.94. The first-order valence-corrected chi connectivity index (χ1v) is 42.0. The number of phosphoric ester groups is 2. The molecule has 0 rings (SSSR count). The summed E-state index contributed by atoms with van der Waals surface area (Å²) in [6.45, 7) is 9.51. The number of aliphatic hydroxyl groups is 1. The Morgan fingerprint density at radius 1 is 0.309 bits per heavy atom. The van der Waals surface area contributed by atoms with Gasteiger partial charge in [0.25, 0.3) is 0 Å². The number of rotatable bonds is 74. The molecule has 0 radical (unpaired) electrons. The molecule has 0 heterocycles. The third-order valence-corrected chi connectivity index (χ3v) is 19.7. The van der Waals surface area contributed by atoms with Gasteiger partial charge in [-0.2, -0.15) is 0 Å². The fourth-order valence-corrected chi connectivity index (χ4v) is 13.0. The molecule has 6 atom stereocenters. The second-order valence-corrected chi connectivity index (χ2v) is 30.7. The van der Waals surface area contributed by atoms with Gasteiger partial charge in [-0.25, -0.2) is 9.13 Å². The molecular weight excluding hydrogens is 1230 g/mol. The van der Waals surface area contributed by atoms with E-state index in [2.05, 4.69) is 41.5 Å². The van der Waals surface area contributed by atoms with Crippen LogP contribution in [-0.2, 0) is 65.4 Å². The minimum Gasteiger partial charge on any atom is -0.462 e. The SMILES string of the molecule is CCCCCCCCCCCCCCCCCCCCCCCC(=O)O[C@H](COC(=O)CCCCCCCCCCCCCCCC(C)C)COP(=O)(O)OC[C@@H](O)COP(=O)(O)OC[C@@H](COC(=O)CCCCCCCCC)OC(=O)CCCCCCCCC(C)CC. The Morgan fingerprint density at radius 2 is 0.543 bits per heavy atom. The molecule has 0 aromatic carbocycles. The molecule has 0 saturated heterocycles. The van der Waals surface area contributed by atoms with Gasteiger partial charge in [0.2, 0.25) is 0 Å². The zero-order valence-corrected chi connectivity index (χ0v) is 63.1. The van der Waals surface area contributed by atoms with E-state index in [4.69, 9.17) is 37.0 Å². The van der Waals surface area contributed by atoms with Crippen LogP contribution < -0.4 is 0 Å². The molecule has 0 saturated carbocycles. The van der Waals surface area contributed by atoms with E-state index in [9.17, 15) is 43.2 Å². The first-order valence-electron chi connectivity index (χ1n) is 39.0. The number of hydrogen-bond acceptors (Lipinski definition) is 15. The van der Waals surface area contributed by atoms with Crippen molar-refractivity contribution in [1.29, 1.82) is 0 Å². The molecule has 0 spiro atoms. The van der Waals surface area contributed by atoms with Gasteiger partial charge in [0, 0.05) is 25.7 Å². The molecule has 17 nitrogen and oxygen atoms in total. The molecule has 558 valence electrons. The summed E-state index contributed by atoms with van der Waals surface area (Å²) >= 11 is 0. The summed E-state index contributed by atoms with van der Waals surface area (Å²) in [5, 5.41) is 10.6. The van der Waals surface area contributed by atoms with E-state index in [-0.39, 0.29) is 25.7 Å². The third-order valence-electron chi connectivity index (χ3n) is 17.8. The Morgan fingerprint density at radius 3 is 0.809 bits per heavy atom. The lowest BCUT2D eigenvalue weighted by Crippen LogP contribution is -2.30. The zero-order valence-electron chi connectivity index (χ0n) is 61.3. The van der Waals surface area contributed by atoms with E-state index in [1.807, 2.05) is 0 Å². The molecule has 3 N–H and O–H groups in total. The van der Waals surface area contributed by atoms with E-state index in [0.29, 0.717) is 25.7 Å². The third kappa shape index (κ3) is 67.3. The maximum atomic E-state index is 13.1. The Kier molecular flexibility index (Phi) is 65.5. The summed E-state index contributed by atoms with van der Waals surface area (Å²) < 4.78 is 68.3. The second-order valence-electron chi connectivity index (χ2n) is 27.8. The molecular formula is C75H146O17P2. The van der Waals surface area contributed by atoms with E-state index in [0.717, 1.165) is 115 Å². The van der Waals surface area contributed by atoms with Gasteiger partial charge in [0.05, 0.1) is 26.4 Å². The molecule has 0 aromatic rings. The molecule has 19 heteroatoms. The Bertz CT molecular complexity index is 1820. The van der Waals surface area contributed by atoms with E-state index >= 15 is 0 Å². The van der Waals surface area contributed by atoms with Crippen molar-refractivity contribution in [2.24, 2.45) is 11.8 Å². The maximum Gasteiger partial charge on any atom is 0.472 e. The lowest BCUT2D eigenvalue weighted by molar-refractivity contribution is -0.161. The van der Waals surface area contributed by atoms with Crippen LogP contribution in [0.5, 0.6) is 0 Å². The smallest absolute Gasteiger partial charge is 0.462 e. The quantitative estimate of drug-likeness (QED) is 0.0222. The maximum absolute atomic E-state index is 13.1.